The number of sulfonamides is 1. The second kappa shape index (κ2) is 6.50. The van der Waals surface area contributed by atoms with Crippen molar-refractivity contribution in [3.63, 3.8) is 0 Å². The Morgan fingerprint density at radius 2 is 1.74 bits per heavy atom. The number of nitrogens with zero attached hydrogens (tertiary/aromatic N) is 1. The van der Waals surface area contributed by atoms with Gasteiger partial charge in [-0.15, -0.1) is 0 Å². The van der Waals surface area contributed by atoms with Gasteiger partial charge in [-0.2, -0.15) is 13.5 Å². The molecular weight excluding hydrogens is 315 g/mol. The van der Waals surface area contributed by atoms with Gasteiger partial charge in [-0.05, 0) is 40.8 Å². The molecule has 6 heteroatoms. The van der Waals surface area contributed by atoms with E-state index in [4.69, 9.17) is 0 Å². The normalized spacial score (nSPS) is 12.5. The first-order valence-electron chi connectivity index (χ1n) is 7.09. The predicted molar refractivity (Wildman–Crippen MR) is 89.5 cm³/mol. The minimum absolute atomic E-state index is 0.0503. The van der Waals surface area contributed by atoms with Gasteiger partial charge >= 0.3 is 0 Å². The molecule has 0 aromatic heterocycles. The van der Waals surface area contributed by atoms with Crippen molar-refractivity contribution in [3.8, 4) is 0 Å². The number of halogens is 1. The molecule has 0 saturated heterocycles. The SMILES string of the molecule is CC(C)(C)c1ccc(S(=O)(=O)NN=Cc2cccc(F)c2)cc1. The molecular formula is C17H19FN2O2S. The van der Waals surface area contributed by atoms with Gasteiger partial charge in [0, 0.05) is 0 Å². The number of benzene rings is 2. The van der Waals surface area contributed by atoms with Crippen molar-refractivity contribution in [1.29, 1.82) is 0 Å². The van der Waals surface area contributed by atoms with E-state index in [1.54, 1.807) is 30.3 Å². The van der Waals surface area contributed by atoms with Crippen molar-refractivity contribution < 1.29 is 12.8 Å². The Bertz CT molecular complexity index is 807. The number of nitrogens with one attached hydrogen (secondary N) is 1. The maximum absolute atomic E-state index is 13.0. The van der Waals surface area contributed by atoms with Gasteiger partial charge in [0.05, 0.1) is 11.1 Å². The second-order valence-electron chi connectivity index (χ2n) is 6.18. The molecule has 23 heavy (non-hydrogen) atoms. The van der Waals surface area contributed by atoms with Crippen LogP contribution in [0.5, 0.6) is 0 Å². The number of hydrazone groups is 1. The van der Waals surface area contributed by atoms with E-state index in [1.807, 2.05) is 0 Å². The molecule has 0 aliphatic rings. The fraction of sp³-hybridized carbons (Fsp3) is 0.235. The van der Waals surface area contributed by atoms with Crippen molar-refractivity contribution in [2.24, 2.45) is 5.10 Å². The summed E-state index contributed by atoms with van der Waals surface area (Å²) in [6.07, 6.45) is 1.25. The van der Waals surface area contributed by atoms with Crippen molar-refractivity contribution in [3.05, 3.63) is 65.5 Å². The molecule has 0 radical (unpaired) electrons. The Balaban J connectivity index is 2.13. The van der Waals surface area contributed by atoms with Crippen LogP contribution in [0.3, 0.4) is 0 Å². The minimum Gasteiger partial charge on any atom is -0.207 e. The third-order valence-corrected chi connectivity index (χ3v) is 4.50. The highest BCUT2D eigenvalue weighted by Gasteiger charge is 2.16. The molecule has 0 aliphatic heterocycles. The van der Waals surface area contributed by atoms with E-state index in [0.29, 0.717) is 5.56 Å². The van der Waals surface area contributed by atoms with Crippen molar-refractivity contribution in [1.82, 2.24) is 4.83 Å². The number of hydrogen-bond acceptors (Lipinski definition) is 3. The van der Waals surface area contributed by atoms with E-state index in [1.165, 1.54) is 24.4 Å². The second-order valence-corrected chi connectivity index (χ2v) is 7.84. The zero-order valence-electron chi connectivity index (χ0n) is 13.2. The van der Waals surface area contributed by atoms with Gasteiger partial charge in [0.2, 0.25) is 0 Å². The van der Waals surface area contributed by atoms with Gasteiger partial charge in [0.15, 0.2) is 0 Å². The van der Waals surface area contributed by atoms with E-state index in [0.717, 1.165) is 5.56 Å². The quantitative estimate of drug-likeness (QED) is 0.688. The van der Waals surface area contributed by atoms with Gasteiger partial charge in [0.25, 0.3) is 10.0 Å². The molecule has 0 spiro atoms. The monoisotopic (exact) mass is 334 g/mol. The fourth-order valence-corrected chi connectivity index (χ4v) is 2.74. The summed E-state index contributed by atoms with van der Waals surface area (Å²) in [6.45, 7) is 6.16. The summed E-state index contributed by atoms with van der Waals surface area (Å²) in [5.41, 5.74) is 1.46. The highest BCUT2D eigenvalue weighted by atomic mass is 32.2. The molecule has 1 N–H and O–H groups in total. The lowest BCUT2D eigenvalue weighted by Gasteiger charge is -2.19. The van der Waals surface area contributed by atoms with Crippen molar-refractivity contribution >= 4 is 16.2 Å². The maximum atomic E-state index is 13.0. The topological polar surface area (TPSA) is 58.5 Å². The minimum atomic E-state index is -3.74. The van der Waals surface area contributed by atoms with Crippen LogP contribution in [0.25, 0.3) is 0 Å². The van der Waals surface area contributed by atoms with Gasteiger partial charge in [-0.25, -0.2) is 9.22 Å². The molecule has 0 bridgehead atoms. The lowest BCUT2D eigenvalue weighted by Crippen LogP contribution is -2.19. The lowest BCUT2D eigenvalue weighted by molar-refractivity contribution is 0.580. The van der Waals surface area contributed by atoms with E-state index in [-0.39, 0.29) is 10.3 Å². The molecule has 2 aromatic carbocycles. The summed E-state index contributed by atoms with van der Waals surface area (Å²) in [6, 6.07) is 12.4. The summed E-state index contributed by atoms with van der Waals surface area (Å²) in [7, 11) is -3.74. The molecule has 0 fully saturated rings. The zero-order valence-corrected chi connectivity index (χ0v) is 14.1. The highest BCUT2D eigenvalue weighted by Crippen LogP contribution is 2.23. The zero-order chi connectivity index (χ0) is 17.1. The molecule has 122 valence electrons. The molecule has 0 unspecified atom stereocenters. The van der Waals surface area contributed by atoms with Crippen LogP contribution in [0.15, 0.2) is 58.5 Å². The molecule has 0 aliphatic carbocycles. The number of rotatable bonds is 4. The van der Waals surface area contributed by atoms with Gasteiger partial charge in [-0.1, -0.05) is 45.0 Å². The van der Waals surface area contributed by atoms with E-state index in [9.17, 15) is 12.8 Å². The van der Waals surface area contributed by atoms with Crippen molar-refractivity contribution in [2.75, 3.05) is 0 Å². The third kappa shape index (κ3) is 4.63. The smallest absolute Gasteiger partial charge is 0.207 e. The molecule has 4 nitrogen and oxygen atoms in total. The summed E-state index contributed by atoms with van der Waals surface area (Å²) < 4.78 is 37.3. The standard InChI is InChI=1S/C17H19FN2O2S/c1-17(2,3)14-7-9-16(10-8-14)23(21,22)20-19-12-13-5-4-6-15(18)11-13/h4-12,20H,1-3H3. The van der Waals surface area contributed by atoms with E-state index < -0.39 is 15.8 Å². The maximum Gasteiger partial charge on any atom is 0.276 e. The highest BCUT2D eigenvalue weighted by molar-refractivity contribution is 7.89. The van der Waals surface area contributed by atoms with E-state index in [2.05, 4.69) is 30.7 Å². The first-order valence-corrected chi connectivity index (χ1v) is 8.58. The first-order chi connectivity index (χ1) is 10.7. The van der Waals surface area contributed by atoms with Crippen LogP contribution in [0.1, 0.15) is 31.9 Å². The van der Waals surface area contributed by atoms with Crippen LogP contribution in [0, 0.1) is 5.82 Å². The Hall–Kier alpha value is -2.21. The summed E-state index contributed by atoms with van der Waals surface area (Å²) >= 11 is 0. The lowest BCUT2D eigenvalue weighted by atomic mass is 9.87. The van der Waals surface area contributed by atoms with Crippen LogP contribution in [0.2, 0.25) is 0 Å². The summed E-state index contributed by atoms with van der Waals surface area (Å²) in [5, 5.41) is 3.67. The van der Waals surface area contributed by atoms with Gasteiger partial charge in [-0.3, -0.25) is 0 Å². The Morgan fingerprint density at radius 1 is 1.09 bits per heavy atom. The van der Waals surface area contributed by atoms with Crippen LogP contribution in [0.4, 0.5) is 4.39 Å². The van der Waals surface area contributed by atoms with Crippen molar-refractivity contribution in [2.45, 2.75) is 31.1 Å². The first kappa shape index (κ1) is 17.1. The van der Waals surface area contributed by atoms with Gasteiger partial charge < -0.3 is 0 Å². The summed E-state index contributed by atoms with van der Waals surface area (Å²) in [5.74, 6) is -0.408. The van der Waals surface area contributed by atoms with Crippen LogP contribution in [-0.4, -0.2) is 14.6 Å². The molecule has 0 atom stereocenters. The third-order valence-electron chi connectivity index (χ3n) is 3.27. The average Bonchev–Trinajstić information content (AvgIpc) is 2.46. The van der Waals surface area contributed by atoms with E-state index >= 15 is 0 Å². The predicted octanol–water partition coefficient (Wildman–Crippen LogP) is 3.44. The van der Waals surface area contributed by atoms with Crippen LogP contribution in [-0.2, 0) is 15.4 Å². The Labute approximate surface area is 136 Å². The number of hydrogen-bond donors (Lipinski definition) is 1. The molecule has 2 aromatic rings. The molecule has 0 heterocycles. The molecule has 2 rings (SSSR count). The Morgan fingerprint density at radius 3 is 2.30 bits per heavy atom. The fourth-order valence-electron chi connectivity index (χ4n) is 1.94. The molecule has 0 saturated carbocycles. The van der Waals surface area contributed by atoms with Crippen LogP contribution >= 0.6 is 0 Å². The largest absolute Gasteiger partial charge is 0.276 e. The van der Waals surface area contributed by atoms with Crippen LogP contribution < -0.4 is 4.83 Å². The summed E-state index contributed by atoms with van der Waals surface area (Å²) in [4.78, 5) is 2.25. The van der Waals surface area contributed by atoms with Gasteiger partial charge in [0.1, 0.15) is 5.82 Å². The molecule has 0 amide bonds. The average molecular weight is 334 g/mol. The Kier molecular flexibility index (Phi) is 4.85.